The SMILES string of the molecule is CCNC(=NCC(c1ccc(C)o1)N1CCCC1)NCCn1cnnc1CC. The van der Waals surface area contributed by atoms with E-state index in [0.717, 1.165) is 62.4 Å². The molecule has 0 aliphatic carbocycles. The zero-order valence-electron chi connectivity index (χ0n) is 17.3. The van der Waals surface area contributed by atoms with Gasteiger partial charge in [0.05, 0.1) is 12.6 Å². The highest BCUT2D eigenvalue weighted by Gasteiger charge is 2.25. The Morgan fingerprint density at radius 1 is 1.25 bits per heavy atom. The molecule has 0 saturated carbocycles. The van der Waals surface area contributed by atoms with Gasteiger partial charge in [0, 0.05) is 26.1 Å². The van der Waals surface area contributed by atoms with Crippen molar-refractivity contribution in [2.75, 3.05) is 32.7 Å². The van der Waals surface area contributed by atoms with Crippen LogP contribution in [0.3, 0.4) is 0 Å². The summed E-state index contributed by atoms with van der Waals surface area (Å²) in [6, 6.07) is 4.32. The number of guanidine groups is 1. The van der Waals surface area contributed by atoms with E-state index >= 15 is 0 Å². The van der Waals surface area contributed by atoms with Crippen molar-refractivity contribution in [2.45, 2.75) is 52.6 Å². The topological polar surface area (TPSA) is 83.5 Å². The maximum Gasteiger partial charge on any atom is 0.191 e. The molecule has 2 N–H and O–H groups in total. The van der Waals surface area contributed by atoms with Gasteiger partial charge in [0.25, 0.3) is 0 Å². The van der Waals surface area contributed by atoms with Gasteiger partial charge >= 0.3 is 0 Å². The third kappa shape index (κ3) is 5.34. The molecule has 0 spiro atoms. The van der Waals surface area contributed by atoms with E-state index in [2.05, 4.69) is 50.2 Å². The van der Waals surface area contributed by atoms with Crippen LogP contribution in [0.1, 0.15) is 50.1 Å². The van der Waals surface area contributed by atoms with Gasteiger partial charge < -0.3 is 19.6 Å². The van der Waals surface area contributed by atoms with Crippen LogP contribution in [-0.2, 0) is 13.0 Å². The molecule has 1 saturated heterocycles. The first-order chi connectivity index (χ1) is 13.7. The zero-order chi connectivity index (χ0) is 19.8. The summed E-state index contributed by atoms with van der Waals surface area (Å²) in [5.74, 6) is 3.80. The molecule has 2 aromatic rings. The molecule has 1 atom stereocenters. The monoisotopic (exact) mass is 387 g/mol. The van der Waals surface area contributed by atoms with E-state index in [1.807, 2.05) is 13.0 Å². The molecule has 8 nitrogen and oxygen atoms in total. The molecule has 1 fully saturated rings. The van der Waals surface area contributed by atoms with Gasteiger partial charge in [-0.2, -0.15) is 0 Å². The fourth-order valence-electron chi connectivity index (χ4n) is 3.62. The molecule has 2 aromatic heterocycles. The van der Waals surface area contributed by atoms with Crippen LogP contribution in [0.15, 0.2) is 27.9 Å². The molecule has 28 heavy (non-hydrogen) atoms. The number of nitrogens with zero attached hydrogens (tertiary/aromatic N) is 5. The van der Waals surface area contributed by atoms with E-state index in [0.29, 0.717) is 6.54 Å². The average molecular weight is 388 g/mol. The van der Waals surface area contributed by atoms with Crippen LogP contribution in [-0.4, -0.2) is 58.3 Å². The summed E-state index contributed by atoms with van der Waals surface area (Å²) in [5.41, 5.74) is 0. The molecule has 0 amide bonds. The first kappa shape index (κ1) is 20.4. The quantitative estimate of drug-likeness (QED) is 0.507. The molecule has 1 unspecified atom stereocenters. The lowest BCUT2D eigenvalue weighted by Gasteiger charge is -2.24. The molecule has 3 rings (SSSR count). The molecule has 8 heteroatoms. The number of aryl methyl sites for hydroxylation is 2. The first-order valence-electron chi connectivity index (χ1n) is 10.4. The van der Waals surface area contributed by atoms with Crippen LogP contribution in [0.4, 0.5) is 0 Å². The van der Waals surface area contributed by atoms with Crippen LogP contribution in [0.5, 0.6) is 0 Å². The lowest BCUT2D eigenvalue weighted by molar-refractivity contribution is 0.219. The predicted octanol–water partition coefficient (Wildman–Crippen LogP) is 2.13. The predicted molar refractivity (Wildman–Crippen MR) is 110 cm³/mol. The molecule has 0 aromatic carbocycles. The van der Waals surface area contributed by atoms with Gasteiger partial charge in [-0.3, -0.25) is 9.89 Å². The Bertz CT molecular complexity index is 745. The summed E-state index contributed by atoms with van der Waals surface area (Å²) < 4.78 is 8.02. The van der Waals surface area contributed by atoms with Gasteiger partial charge in [-0.05, 0) is 51.9 Å². The Labute approximate surface area is 167 Å². The van der Waals surface area contributed by atoms with Gasteiger partial charge in [-0.15, -0.1) is 10.2 Å². The molecule has 1 aliphatic heterocycles. The van der Waals surface area contributed by atoms with E-state index in [1.165, 1.54) is 12.8 Å². The zero-order valence-corrected chi connectivity index (χ0v) is 17.3. The first-order valence-corrected chi connectivity index (χ1v) is 10.4. The number of likely N-dealkylation sites (tertiary alicyclic amines) is 1. The Morgan fingerprint density at radius 3 is 2.75 bits per heavy atom. The molecular formula is C20H33N7O. The van der Waals surface area contributed by atoms with Crippen LogP contribution >= 0.6 is 0 Å². The lowest BCUT2D eigenvalue weighted by atomic mass is 10.2. The highest BCUT2D eigenvalue weighted by molar-refractivity contribution is 5.79. The Hall–Kier alpha value is -2.35. The Kier molecular flexibility index (Phi) is 7.47. The second kappa shape index (κ2) is 10.3. The molecular weight excluding hydrogens is 354 g/mol. The summed E-state index contributed by atoms with van der Waals surface area (Å²) in [6.45, 7) is 11.5. The minimum absolute atomic E-state index is 0.191. The van der Waals surface area contributed by atoms with Crippen molar-refractivity contribution in [2.24, 2.45) is 4.99 Å². The van der Waals surface area contributed by atoms with Crippen LogP contribution < -0.4 is 10.6 Å². The standard InChI is InChI=1S/C20H33N7O/c1-4-19-25-24-15-27(19)13-10-22-20(21-5-2)23-14-17(26-11-6-7-12-26)18-9-8-16(3)28-18/h8-9,15,17H,4-7,10-14H2,1-3H3,(H2,21,22,23). The van der Waals surface area contributed by atoms with Crippen molar-refractivity contribution in [1.82, 2.24) is 30.3 Å². The van der Waals surface area contributed by atoms with E-state index in [-0.39, 0.29) is 6.04 Å². The molecule has 3 heterocycles. The van der Waals surface area contributed by atoms with Crippen molar-refractivity contribution < 1.29 is 4.42 Å². The van der Waals surface area contributed by atoms with Gasteiger partial charge in [0.2, 0.25) is 0 Å². The average Bonchev–Trinajstić information content (AvgIpc) is 3.44. The molecule has 0 bridgehead atoms. The van der Waals surface area contributed by atoms with Crippen LogP contribution in [0.2, 0.25) is 0 Å². The van der Waals surface area contributed by atoms with Crippen LogP contribution in [0.25, 0.3) is 0 Å². The van der Waals surface area contributed by atoms with E-state index in [9.17, 15) is 0 Å². The Balaban J connectivity index is 1.62. The van der Waals surface area contributed by atoms with Crippen molar-refractivity contribution in [3.8, 4) is 0 Å². The highest BCUT2D eigenvalue weighted by atomic mass is 16.3. The summed E-state index contributed by atoms with van der Waals surface area (Å²) in [4.78, 5) is 7.34. The van der Waals surface area contributed by atoms with Crippen molar-refractivity contribution >= 4 is 5.96 Å². The molecule has 0 radical (unpaired) electrons. The smallest absolute Gasteiger partial charge is 0.191 e. The van der Waals surface area contributed by atoms with Gasteiger partial charge in [-0.1, -0.05) is 6.92 Å². The molecule has 1 aliphatic rings. The maximum atomic E-state index is 5.94. The number of furan rings is 1. The van der Waals surface area contributed by atoms with E-state index in [1.54, 1.807) is 6.33 Å². The largest absolute Gasteiger partial charge is 0.465 e. The van der Waals surface area contributed by atoms with Crippen molar-refractivity contribution in [1.29, 1.82) is 0 Å². The number of rotatable bonds is 9. The normalized spacial score (nSPS) is 16.5. The van der Waals surface area contributed by atoms with Crippen LogP contribution in [0, 0.1) is 6.92 Å². The van der Waals surface area contributed by atoms with E-state index < -0.39 is 0 Å². The summed E-state index contributed by atoms with van der Waals surface area (Å²) >= 11 is 0. The minimum atomic E-state index is 0.191. The Morgan fingerprint density at radius 2 is 2.07 bits per heavy atom. The summed E-state index contributed by atoms with van der Waals surface area (Å²) in [6.07, 6.45) is 5.16. The highest BCUT2D eigenvalue weighted by Crippen LogP contribution is 2.26. The second-order valence-electron chi connectivity index (χ2n) is 7.15. The number of aliphatic imine (C=N–C) groups is 1. The third-order valence-electron chi connectivity index (χ3n) is 5.09. The lowest BCUT2D eigenvalue weighted by Crippen LogP contribution is -2.39. The molecule has 154 valence electrons. The number of aromatic nitrogens is 3. The fraction of sp³-hybridized carbons (Fsp3) is 0.650. The maximum absolute atomic E-state index is 5.94. The van der Waals surface area contributed by atoms with E-state index in [4.69, 9.17) is 9.41 Å². The summed E-state index contributed by atoms with van der Waals surface area (Å²) in [5, 5.41) is 14.9. The van der Waals surface area contributed by atoms with Gasteiger partial charge in [0.15, 0.2) is 5.96 Å². The van der Waals surface area contributed by atoms with Gasteiger partial charge in [-0.25, -0.2) is 0 Å². The fourth-order valence-corrected chi connectivity index (χ4v) is 3.62. The minimum Gasteiger partial charge on any atom is -0.465 e. The third-order valence-corrected chi connectivity index (χ3v) is 5.09. The number of hydrogen-bond acceptors (Lipinski definition) is 5. The van der Waals surface area contributed by atoms with Crippen molar-refractivity contribution in [3.05, 3.63) is 35.8 Å². The number of hydrogen-bond donors (Lipinski definition) is 2. The number of nitrogens with one attached hydrogen (secondary N) is 2. The summed E-state index contributed by atoms with van der Waals surface area (Å²) in [7, 11) is 0. The van der Waals surface area contributed by atoms with Gasteiger partial charge in [0.1, 0.15) is 23.7 Å². The van der Waals surface area contributed by atoms with Crippen molar-refractivity contribution in [3.63, 3.8) is 0 Å². The second-order valence-corrected chi connectivity index (χ2v) is 7.15.